The highest BCUT2D eigenvalue weighted by Crippen LogP contribution is 2.29. The fourth-order valence-electron chi connectivity index (χ4n) is 4.41. The highest BCUT2D eigenvalue weighted by molar-refractivity contribution is 7.14. The first-order valence-electron chi connectivity index (χ1n) is 16.0. The van der Waals surface area contributed by atoms with Crippen molar-refractivity contribution in [3.63, 3.8) is 0 Å². The maximum absolute atomic E-state index is 12.5. The van der Waals surface area contributed by atoms with Crippen molar-refractivity contribution in [2.75, 3.05) is 11.7 Å². The number of quaternary nitrogens is 1. The molecule has 0 atom stereocenters. The molecule has 0 radical (unpaired) electrons. The van der Waals surface area contributed by atoms with Crippen molar-refractivity contribution >= 4 is 92.7 Å². The molecule has 2 heterocycles. The van der Waals surface area contributed by atoms with Crippen molar-refractivity contribution in [1.82, 2.24) is 0 Å². The van der Waals surface area contributed by atoms with Gasteiger partial charge in [0.15, 0.2) is 0 Å². The fraction of sp³-hybridized carbons (Fsp3) is 0.0732. The van der Waals surface area contributed by atoms with Crippen molar-refractivity contribution in [2.24, 2.45) is 0 Å². The minimum Gasteiger partial charge on any atom is -0.433 e. The minimum absolute atomic E-state index is 0.00281. The average Bonchev–Trinajstić information content (AvgIpc) is 3.86. The molecule has 0 saturated heterocycles. The van der Waals surface area contributed by atoms with E-state index in [4.69, 9.17) is 11.6 Å². The summed E-state index contributed by atoms with van der Waals surface area (Å²) in [6, 6.07) is 38.0. The number of benzene rings is 4. The molecule has 0 unspecified atom stereocenters. The van der Waals surface area contributed by atoms with Crippen LogP contribution in [0, 0.1) is 0 Å². The molecule has 0 spiro atoms. The fourth-order valence-corrected chi connectivity index (χ4v) is 6.01. The van der Waals surface area contributed by atoms with Crippen LogP contribution in [0.2, 0.25) is 0 Å². The van der Waals surface area contributed by atoms with E-state index in [-0.39, 0.29) is 21.3 Å². The predicted molar refractivity (Wildman–Crippen MR) is 218 cm³/mol. The van der Waals surface area contributed by atoms with Gasteiger partial charge in [0, 0.05) is 17.6 Å². The Morgan fingerprint density at radius 3 is 1.56 bits per heavy atom. The van der Waals surface area contributed by atoms with Crippen LogP contribution in [-0.4, -0.2) is 30.8 Å². The van der Waals surface area contributed by atoms with Crippen molar-refractivity contribution < 1.29 is 42.4 Å². The number of ether oxygens (including phenoxy) is 2. The number of carbonyl (C=O) groups is 2. The molecule has 4 aromatic carbocycles. The van der Waals surface area contributed by atoms with Gasteiger partial charge in [-0.2, -0.15) is 17.6 Å². The lowest BCUT2D eigenvalue weighted by molar-refractivity contribution is -0.255. The highest BCUT2D eigenvalue weighted by atomic mass is 35.5. The molecule has 6 nitrogen and oxygen atoms in total. The zero-order chi connectivity index (χ0) is 40.0. The molecule has 6 aromatic rings. The molecule has 0 aliphatic heterocycles. The first-order valence-corrected chi connectivity index (χ1v) is 18.9. The standard InChI is InChI=1S/C20H15F2NO2S.C14H13N.C6H3ClF2O2S.CH3Cl/c21-20(22)25-17-12-13-26-18(17)19(24)23-16-9-5-4-8-15(16)11-10-14-6-2-1-3-7-14;15-14-9-5-4-8-13(14)11-10-12-6-2-1-3-7-12;7-5(10)4-3(1-2-12-4)11-6(8)9;1-2/h1-13,20H,(H,23,24);1-11H,15H2;1-2,6H;1H3/p+1/b2*11-10-;;. The second kappa shape index (κ2) is 24.2. The molecular weight excluding hydrogens is 795 g/mol. The summed E-state index contributed by atoms with van der Waals surface area (Å²) in [6.45, 7) is -5.91. The molecular formula is C41H35Cl2F4N2O4S2+. The van der Waals surface area contributed by atoms with E-state index in [1.807, 2.05) is 91.0 Å². The van der Waals surface area contributed by atoms with Gasteiger partial charge in [-0.25, -0.2) is 0 Å². The Morgan fingerprint density at radius 1 is 0.618 bits per heavy atom. The zero-order valence-corrected chi connectivity index (χ0v) is 32.2. The summed E-state index contributed by atoms with van der Waals surface area (Å²) in [5.74, 6) is -0.786. The molecule has 0 fully saturated rings. The lowest BCUT2D eigenvalue weighted by Crippen LogP contribution is -2.40. The molecule has 14 heteroatoms. The van der Waals surface area contributed by atoms with Gasteiger partial charge < -0.3 is 20.5 Å². The van der Waals surface area contributed by atoms with Crippen LogP contribution >= 0.6 is 45.9 Å². The van der Waals surface area contributed by atoms with Crippen LogP contribution in [0.1, 0.15) is 41.6 Å². The summed E-state index contributed by atoms with van der Waals surface area (Å²) in [5.41, 5.74) is 9.83. The molecule has 1 amide bonds. The van der Waals surface area contributed by atoms with E-state index in [1.165, 1.54) is 40.4 Å². The van der Waals surface area contributed by atoms with Gasteiger partial charge in [0.2, 0.25) is 0 Å². The lowest BCUT2D eigenvalue weighted by Gasteiger charge is -2.09. The topological polar surface area (TPSA) is 92.3 Å². The quantitative estimate of drug-likeness (QED) is 0.0589. The minimum atomic E-state index is -2.97. The number of carbonyl (C=O) groups excluding carboxylic acids is 2. The first kappa shape index (κ1) is 44.2. The Balaban J connectivity index is 0.000000237. The second-order valence-corrected chi connectivity index (χ2v) is 12.7. The van der Waals surface area contributed by atoms with E-state index in [0.717, 1.165) is 39.5 Å². The molecule has 6 rings (SSSR count). The monoisotopic (exact) mass is 829 g/mol. The van der Waals surface area contributed by atoms with Gasteiger partial charge in [-0.05, 0) is 75.5 Å². The number of halogens is 6. The zero-order valence-electron chi connectivity index (χ0n) is 29.1. The third-order valence-corrected chi connectivity index (χ3v) is 8.94. The van der Waals surface area contributed by atoms with Gasteiger partial charge in [-0.15, -0.1) is 34.3 Å². The number of anilines is 1. The lowest BCUT2D eigenvalue weighted by atomic mass is 10.1. The van der Waals surface area contributed by atoms with E-state index >= 15 is 0 Å². The number of rotatable bonds is 11. The van der Waals surface area contributed by atoms with E-state index < -0.39 is 24.4 Å². The number of amides is 1. The Labute approximate surface area is 334 Å². The Bertz CT molecular complexity index is 2110. The number of hydrogen-bond acceptors (Lipinski definition) is 6. The van der Waals surface area contributed by atoms with E-state index in [9.17, 15) is 27.2 Å². The first-order chi connectivity index (χ1) is 26.6. The molecule has 0 aliphatic rings. The number of alkyl halides is 5. The molecule has 55 heavy (non-hydrogen) atoms. The van der Waals surface area contributed by atoms with Crippen LogP contribution in [0.3, 0.4) is 0 Å². The summed E-state index contributed by atoms with van der Waals surface area (Å²) in [6.07, 6.45) is 9.49. The number of thiophene rings is 2. The highest BCUT2D eigenvalue weighted by Gasteiger charge is 2.18. The largest absolute Gasteiger partial charge is 0.433 e. The smallest absolute Gasteiger partial charge is 0.387 e. The maximum atomic E-state index is 12.5. The van der Waals surface area contributed by atoms with Gasteiger partial charge in [0.25, 0.3) is 11.1 Å². The van der Waals surface area contributed by atoms with E-state index in [2.05, 4.69) is 62.5 Å². The maximum Gasteiger partial charge on any atom is 0.387 e. The molecule has 4 N–H and O–H groups in total. The van der Waals surface area contributed by atoms with Gasteiger partial charge in [0.1, 0.15) is 26.9 Å². The Morgan fingerprint density at radius 2 is 1.05 bits per heavy atom. The van der Waals surface area contributed by atoms with Crippen molar-refractivity contribution in [2.45, 2.75) is 13.2 Å². The predicted octanol–water partition coefficient (Wildman–Crippen LogP) is 12.1. The molecule has 2 aromatic heterocycles. The van der Waals surface area contributed by atoms with Crippen molar-refractivity contribution in [3.05, 3.63) is 164 Å². The Hall–Kier alpha value is -5.24. The summed E-state index contributed by atoms with van der Waals surface area (Å²) >= 11 is 11.7. The molecule has 0 aliphatic carbocycles. The third kappa shape index (κ3) is 15.6. The van der Waals surface area contributed by atoms with Gasteiger partial charge >= 0.3 is 13.2 Å². The van der Waals surface area contributed by atoms with E-state index in [0.29, 0.717) is 5.69 Å². The Kier molecular flexibility index (Phi) is 19.4. The number of para-hydroxylation sites is 1. The number of hydrogen-bond donors (Lipinski definition) is 2. The van der Waals surface area contributed by atoms with Crippen LogP contribution in [0.15, 0.2) is 132 Å². The van der Waals surface area contributed by atoms with Crippen LogP contribution in [-0.2, 0) is 0 Å². The summed E-state index contributed by atoms with van der Waals surface area (Å²) in [4.78, 5) is 23.1. The van der Waals surface area contributed by atoms with Crippen molar-refractivity contribution in [1.29, 1.82) is 0 Å². The van der Waals surface area contributed by atoms with E-state index in [1.54, 1.807) is 12.1 Å². The summed E-state index contributed by atoms with van der Waals surface area (Å²) in [5, 5.41) is 4.95. The molecule has 0 saturated carbocycles. The SMILES string of the molecule is CCl.O=C(Cl)c1sccc1OC(F)F.O=C(Nc1ccccc1/C=C\c1ccccc1)c1sccc1OC(F)F.[NH3+]c1ccccc1/C=C\c1ccccc1. The van der Waals surface area contributed by atoms with Crippen LogP contribution in [0.4, 0.5) is 28.9 Å². The molecule has 0 bridgehead atoms. The van der Waals surface area contributed by atoms with Crippen molar-refractivity contribution in [3.8, 4) is 11.5 Å². The third-order valence-electron chi connectivity index (χ3n) is 6.85. The van der Waals surface area contributed by atoms with Crippen LogP contribution < -0.4 is 20.5 Å². The van der Waals surface area contributed by atoms with Gasteiger partial charge in [-0.1, -0.05) is 109 Å². The van der Waals surface area contributed by atoms with Crippen LogP contribution in [0.25, 0.3) is 24.3 Å². The summed E-state index contributed by atoms with van der Waals surface area (Å²) in [7, 11) is 0. The van der Waals surface area contributed by atoms with Crippen LogP contribution in [0.5, 0.6) is 11.5 Å². The second-order valence-electron chi connectivity index (χ2n) is 10.5. The summed E-state index contributed by atoms with van der Waals surface area (Å²) < 4.78 is 56.6. The average molecular weight is 831 g/mol. The van der Waals surface area contributed by atoms with Gasteiger partial charge in [0.05, 0.1) is 0 Å². The normalized spacial score (nSPS) is 10.5. The number of nitrogens with one attached hydrogen (secondary N) is 1. The van der Waals surface area contributed by atoms with Gasteiger partial charge in [-0.3, -0.25) is 9.59 Å². The molecule has 286 valence electrons.